The molecule has 1 aromatic rings. The first-order valence-corrected chi connectivity index (χ1v) is 9.24. The number of ether oxygens (including phenoxy) is 1. The Morgan fingerprint density at radius 1 is 1.30 bits per heavy atom. The zero-order valence-corrected chi connectivity index (χ0v) is 15.5. The smallest absolute Gasteiger partial charge is 0.410 e. The molecule has 1 fully saturated rings. The van der Waals surface area contributed by atoms with Crippen molar-refractivity contribution in [3.8, 4) is 0 Å². The maximum absolute atomic E-state index is 12.5. The first kappa shape index (κ1) is 18.3. The largest absolute Gasteiger partial charge is 0.444 e. The number of amides is 1. The van der Waals surface area contributed by atoms with E-state index < -0.39 is 5.60 Å². The van der Waals surface area contributed by atoms with E-state index in [1.165, 1.54) is 11.3 Å². The lowest BCUT2D eigenvalue weighted by molar-refractivity contribution is 0.0162. The van der Waals surface area contributed by atoms with Crippen LogP contribution in [0.1, 0.15) is 62.5 Å². The number of thiophene rings is 1. The molecule has 1 aromatic heterocycles. The standard InChI is InChI=1S/C17H24ClNO3S/c1-17(2,3)22-16(21)19-10-6-4-5-7-12(19)11-13(20)14-8-9-15(18)23-14/h8-9,12H,4-7,10-11H2,1-3H3. The van der Waals surface area contributed by atoms with Gasteiger partial charge in [-0.15, -0.1) is 11.3 Å². The van der Waals surface area contributed by atoms with Crippen LogP contribution in [0.5, 0.6) is 0 Å². The van der Waals surface area contributed by atoms with Crippen LogP contribution < -0.4 is 0 Å². The first-order valence-electron chi connectivity index (χ1n) is 8.04. The number of halogens is 1. The minimum absolute atomic E-state index is 0.0439. The Bertz CT molecular complexity index is 564. The van der Waals surface area contributed by atoms with Crippen LogP contribution in [-0.2, 0) is 4.74 Å². The number of hydrogen-bond acceptors (Lipinski definition) is 4. The highest BCUT2D eigenvalue weighted by Gasteiger charge is 2.31. The molecule has 0 aliphatic carbocycles. The monoisotopic (exact) mass is 357 g/mol. The predicted molar refractivity (Wildman–Crippen MR) is 93.5 cm³/mol. The summed E-state index contributed by atoms with van der Waals surface area (Å²) in [6, 6.07) is 3.39. The van der Waals surface area contributed by atoms with Crippen molar-refractivity contribution < 1.29 is 14.3 Å². The molecule has 0 bridgehead atoms. The number of likely N-dealkylation sites (tertiary alicyclic amines) is 1. The number of carbonyl (C=O) groups excluding carboxylic acids is 2. The van der Waals surface area contributed by atoms with E-state index in [-0.39, 0.29) is 17.9 Å². The number of rotatable bonds is 3. The fourth-order valence-corrected chi connectivity index (χ4v) is 3.72. The third-order valence-electron chi connectivity index (χ3n) is 3.77. The van der Waals surface area contributed by atoms with Crippen LogP contribution in [0.15, 0.2) is 12.1 Å². The first-order chi connectivity index (χ1) is 10.8. The molecule has 23 heavy (non-hydrogen) atoms. The van der Waals surface area contributed by atoms with Gasteiger partial charge in [0, 0.05) is 19.0 Å². The van der Waals surface area contributed by atoms with Gasteiger partial charge in [-0.2, -0.15) is 0 Å². The molecule has 1 atom stereocenters. The molecule has 0 N–H and O–H groups in total. The quantitative estimate of drug-likeness (QED) is 0.702. The summed E-state index contributed by atoms with van der Waals surface area (Å²) in [6.45, 7) is 6.22. The van der Waals surface area contributed by atoms with Gasteiger partial charge in [-0.3, -0.25) is 4.79 Å². The molecule has 6 heteroatoms. The number of ketones is 1. The summed E-state index contributed by atoms with van der Waals surface area (Å²) in [6.07, 6.45) is 3.91. The van der Waals surface area contributed by atoms with Gasteiger partial charge in [-0.1, -0.05) is 24.4 Å². The minimum atomic E-state index is -0.529. The van der Waals surface area contributed by atoms with Gasteiger partial charge >= 0.3 is 6.09 Å². The van der Waals surface area contributed by atoms with E-state index in [1.54, 1.807) is 17.0 Å². The van der Waals surface area contributed by atoms with Crippen LogP contribution in [0.25, 0.3) is 0 Å². The number of nitrogens with zero attached hydrogens (tertiary/aromatic N) is 1. The van der Waals surface area contributed by atoms with Gasteiger partial charge in [-0.25, -0.2) is 4.79 Å². The van der Waals surface area contributed by atoms with Crippen molar-refractivity contribution in [3.63, 3.8) is 0 Å². The Balaban J connectivity index is 2.08. The summed E-state index contributed by atoms with van der Waals surface area (Å²) in [7, 11) is 0. The average molecular weight is 358 g/mol. The molecule has 1 amide bonds. The Kier molecular flexibility index (Phi) is 6.09. The zero-order chi connectivity index (χ0) is 17.0. The van der Waals surface area contributed by atoms with Crippen LogP contribution in [-0.4, -0.2) is 35.0 Å². The van der Waals surface area contributed by atoms with E-state index >= 15 is 0 Å². The van der Waals surface area contributed by atoms with E-state index in [2.05, 4.69) is 0 Å². The van der Waals surface area contributed by atoms with Crippen LogP contribution in [0.3, 0.4) is 0 Å². The van der Waals surface area contributed by atoms with Gasteiger partial charge < -0.3 is 9.64 Å². The minimum Gasteiger partial charge on any atom is -0.444 e. The highest BCUT2D eigenvalue weighted by molar-refractivity contribution is 7.18. The summed E-state index contributed by atoms with van der Waals surface area (Å²) in [4.78, 5) is 27.3. The second-order valence-electron chi connectivity index (χ2n) is 6.91. The van der Waals surface area contributed by atoms with Gasteiger partial charge in [-0.05, 0) is 45.7 Å². The lowest BCUT2D eigenvalue weighted by atomic mass is 10.0. The van der Waals surface area contributed by atoms with Crippen molar-refractivity contribution in [2.24, 2.45) is 0 Å². The number of Topliss-reactive ketones (excluding diaryl/α,β-unsaturated/α-hetero) is 1. The highest BCUT2D eigenvalue weighted by Crippen LogP contribution is 2.27. The fraction of sp³-hybridized carbons (Fsp3) is 0.647. The molecule has 0 aromatic carbocycles. The van der Waals surface area contributed by atoms with Crippen molar-refractivity contribution in [2.45, 2.75) is 64.5 Å². The summed E-state index contributed by atoms with van der Waals surface area (Å²) >= 11 is 7.20. The van der Waals surface area contributed by atoms with Crippen molar-refractivity contribution in [2.75, 3.05) is 6.54 Å². The maximum Gasteiger partial charge on any atom is 0.410 e. The summed E-state index contributed by atoms with van der Waals surface area (Å²) in [5.74, 6) is 0.0439. The predicted octanol–water partition coefficient (Wildman–Crippen LogP) is 5.15. The highest BCUT2D eigenvalue weighted by atomic mass is 35.5. The van der Waals surface area contributed by atoms with E-state index in [1.807, 2.05) is 20.8 Å². The molecule has 1 aliphatic heterocycles. The second kappa shape index (κ2) is 7.67. The molecule has 1 unspecified atom stereocenters. The lowest BCUT2D eigenvalue weighted by Crippen LogP contribution is -2.44. The van der Waals surface area contributed by atoms with Crippen molar-refractivity contribution in [1.29, 1.82) is 0 Å². The molecular formula is C17H24ClNO3S. The van der Waals surface area contributed by atoms with E-state index in [0.29, 0.717) is 22.2 Å². The Morgan fingerprint density at radius 3 is 2.65 bits per heavy atom. The van der Waals surface area contributed by atoms with Crippen LogP contribution in [0.2, 0.25) is 4.34 Å². The van der Waals surface area contributed by atoms with Gasteiger partial charge in [0.15, 0.2) is 5.78 Å². The maximum atomic E-state index is 12.5. The molecule has 0 spiro atoms. The lowest BCUT2D eigenvalue weighted by Gasteiger charge is -2.32. The zero-order valence-electron chi connectivity index (χ0n) is 13.9. The normalized spacial score (nSPS) is 19.3. The summed E-state index contributed by atoms with van der Waals surface area (Å²) in [5.41, 5.74) is -0.529. The summed E-state index contributed by atoms with van der Waals surface area (Å²) in [5, 5.41) is 0. The fourth-order valence-electron chi connectivity index (χ4n) is 2.73. The molecular weight excluding hydrogens is 334 g/mol. The van der Waals surface area contributed by atoms with Crippen LogP contribution in [0, 0.1) is 0 Å². The summed E-state index contributed by atoms with van der Waals surface area (Å²) < 4.78 is 6.12. The van der Waals surface area contributed by atoms with Crippen molar-refractivity contribution >= 4 is 34.8 Å². The third kappa shape index (κ3) is 5.50. The number of hydrogen-bond donors (Lipinski definition) is 0. The van der Waals surface area contributed by atoms with Gasteiger partial charge in [0.05, 0.1) is 9.21 Å². The van der Waals surface area contributed by atoms with E-state index in [0.717, 1.165) is 25.7 Å². The molecule has 2 rings (SSSR count). The van der Waals surface area contributed by atoms with Gasteiger partial charge in [0.1, 0.15) is 5.60 Å². The van der Waals surface area contributed by atoms with Gasteiger partial charge in [0.2, 0.25) is 0 Å². The molecule has 2 heterocycles. The molecule has 1 aliphatic rings. The SMILES string of the molecule is CC(C)(C)OC(=O)N1CCCCCC1CC(=O)c1ccc(Cl)s1. The molecule has 4 nitrogen and oxygen atoms in total. The Labute approximate surface area is 146 Å². The van der Waals surface area contributed by atoms with Gasteiger partial charge in [0.25, 0.3) is 0 Å². The van der Waals surface area contributed by atoms with Crippen molar-refractivity contribution in [1.82, 2.24) is 4.90 Å². The average Bonchev–Trinajstić information content (AvgIpc) is 2.73. The second-order valence-corrected chi connectivity index (χ2v) is 8.62. The topological polar surface area (TPSA) is 46.6 Å². The third-order valence-corrected chi connectivity index (χ3v) is 5.05. The van der Waals surface area contributed by atoms with Crippen LogP contribution >= 0.6 is 22.9 Å². The molecule has 1 saturated heterocycles. The molecule has 0 radical (unpaired) electrons. The molecule has 128 valence electrons. The number of carbonyl (C=O) groups is 2. The Morgan fingerprint density at radius 2 is 2.04 bits per heavy atom. The van der Waals surface area contributed by atoms with E-state index in [4.69, 9.17) is 16.3 Å². The Hall–Kier alpha value is -1.07. The van der Waals surface area contributed by atoms with Crippen LogP contribution in [0.4, 0.5) is 4.79 Å². The van der Waals surface area contributed by atoms with Crippen molar-refractivity contribution in [3.05, 3.63) is 21.3 Å². The molecule has 0 saturated carbocycles. The van der Waals surface area contributed by atoms with E-state index in [9.17, 15) is 9.59 Å².